The Morgan fingerprint density at radius 1 is 1.70 bits per heavy atom. The van der Waals surface area contributed by atoms with Gasteiger partial charge < -0.3 is 5.11 Å². The van der Waals surface area contributed by atoms with Crippen LogP contribution >= 0.6 is 0 Å². The van der Waals surface area contributed by atoms with Crippen LogP contribution < -0.4 is 0 Å². The smallest absolute Gasteiger partial charge is 0.317 e. The van der Waals surface area contributed by atoms with E-state index in [0.717, 1.165) is 0 Å². The maximum Gasteiger partial charge on any atom is 0.317 e. The second kappa shape index (κ2) is 2.96. The summed E-state index contributed by atoms with van der Waals surface area (Å²) in [5.74, 6) is -0.753. The van der Waals surface area contributed by atoms with E-state index in [1.54, 1.807) is 4.90 Å². The lowest BCUT2D eigenvalue weighted by atomic mass is 10.0. The molecule has 0 amide bonds. The van der Waals surface area contributed by atoms with Gasteiger partial charge in [0, 0.05) is 19.0 Å². The second-order valence-electron chi connectivity index (χ2n) is 2.61. The molecule has 0 unspecified atom stereocenters. The molecule has 3 nitrogen and oxygen atoms in total. The number of carboxylic acids is 1. The van der Waals surface area contributed by atoms with Crippen molar-refractivity contribution in [3.8, 4) is 0 Å². The predicted molar refractivity (Wildman–Crippen MR) is 33.5 cm³/mol. The van der Waals surface area contributed by atoms with Gasteiger partial charge in [0.25, 0.3) is 0 Å². The van der Waals surface area contributed by atoms with Crippen molar-refractivity contribution in [1.29, 1.82) is 0 Å². The van der Waals surface area contributed by atoms with Gasteiger partial charge in [0.05, 0.1) is 13.2 Å². The summed E-state index contributed by atoms with van der Waals surface area (Å²) in [7, 11) is 0. The van der Waals surface area contributed by atoms with E-state index in [9.17, 15) is 9.18 Å². The molecule has 1 aliphatic heterocycles. The van der Waals surface area contributed by atoms with Crippen LogP contribution in [0.15, 0.2) is 0 Å². The zero-order chi connectivity index (χ0) is 7.56. The molecular formula is C6H10FNO2. The highest BCUT2D eigenvalue weighted by molar-refractivity contribution is 5.69. The fraction of sp³-hybridized carbons (Fsp3) is 0.833. The molecule has 0 atom stereocenters. The molecule has 0 radical (unpaired) electrons. The van der Waals surface area contributed by atoms with Gasteiger partial charge in [-0.3, -0.25) is 14.1 Å². The van der Waals surface area contributed by atoms with Gasteiger partial charge in [-0.05, 0) is 0 Å². The van der Waals surface area contributed by atoms with Crippen molar-refractivity contribution in [3.05, 3.63) is 0 Å². The molecule has 4 heteroatoms. The zero-order valence-electron chi connectivity index (χ0n) is 5.59. The lowest BCUT2D eigenvalue weighted by Gasteiger charge is -2.36. The monoisotopic (exact) mass is 147 g/mol. The third-order valence-corrected chi connectivity index (χ3v) is 1.61. The van der Waals surface area contributed by atoms with Crippen molar-refractivity contribution in [3.63, 3.8) is 0 Å². The molecule has 10 heavy (non-hydrogen) atoms. The van der Waals surface area contributed by atoms with Gasteiger partial charge in [-0.2, -0.15) is 0 Å². The van der Waals surface area contributed by atoms with Crippen LogP contribution in [-0.4, -0.2) is 42.3 Å². The lowest BCUT2D eigenvalue weighted by Crippen LogP contribution is -2.49. The normalized spacial score (nSPS) is 20.5. The summed E-state index contributed by atoms with van der Waals surface area (Å²) in [6.07, 6.45) is 0. The largest absolute Gasteiger partial charge is 0.480 e. The number of hydrogen-bond donors (Lipinski definition) is 1. The summed E-state index contributed by atoms with van der Waals surface area (Å²) in [6, 6.07) is 0. The molecule has 58 valence electrons. The van der Waals surface area contributed by atoms with Crippen LogP contribution in [0.4, 0.5) is 4.39 Å². The number of carboxylic acid groups (broad SMARTS) is 1. The first kappa shape index (κ1) is 7.47. The van der Waals surface area contributed by atoms with Crippen molar-refractivity contribution in [2.24, 2.45) is 5.92 Å². The SMILES string of the molecule is O=C(O)CN1CC(CF)C1. The Hall–Kier alpha value is -0.640. The highest BCUT2D eigenvalue weighted by Gasteiger charge is 2.27. The van der Waals surface area contributed by atoms with E-state index in [2.05, 4.69) is 0 Å². The van der Waals surface area contributed by atoms with E-state index < -0.39 is 5.97 Å². The Bertz CT molecular complexity index is 134. The second-order valence-corrected chi connectivity index (χ2v) is 2.61. The number of nitrogens with zero attached hydrogens (tertiary/aromatic N) is 1. The number of rotatable bonds is 3. The number of hydrogen-bond acceptors (Lipinski definition) is 2. The van der Waals surface area contributed by atoms with Crippen molar-refractivity contribution in [1.82, 2.24) is 4.90 Å². The minimum atomic E-state index is -0.836. The topological polar surface area (TPSA) is 40.5 Å². The van der Waals surface area contributed by atoms with Crippen LogP contribution in [0.2, 0.25) is 0 Å². The molecule has 0 aromatic heterocycles. The van der Waals surface area contributed by atoms with E-state index in [1.165, 1.54) is 0 Å². The van der Waals surface area contributed by atoms with Gasteiger partial charge in [0.15, 0.2) is 0 Å². The number of aliphatic carboxylic acids is 1. The highest BCUT2D eigenvalue weighted by atomic mass is 19.1. The molecule has 0 aromatic rings. The fourth-order valence-corrected chi connectivity index (χ4v) is 1.09. The summed E-state index contributed by atoms with van der Waals surface area (Å²) in [5, 5.41) is 8.27. The van der Waals surface area contributed by atoms with E-state index in [4.69, 9.17) is 5.11 Å². The molecule has 1 N–H and O–H groups in total. The minimum Gasteiger partial charge on any atom is -0.480 e. The van der Waals surface area contributed by atoms with Crippen molar-refractivity contribution in [2.75, 3.05) is 26.3 Å². The predicted octanol–water partition coefficient (Wildman–Crippen LogP) is -0.0277. The average molecular weight is 147 g/mol. The molecule has 0 bridgehead atoms. The number of carbonyl (C=O) groups is 1. The lowest BCUT2D eigenvalue weighted by molar-refractivity contribution is -0.140. The average Bonchev–Trinajstić information content (AvgIpc) is 1.76. The van der Waals surface area contributed by atoms with E-state index in [1.807, 2.05) is 0 Å². The van der Waals surface area contributed by atoms with Crippen LogP contribution in [0.1, 0.15) is 0 Å². The molecule has 1 saturated heterocycles. The Balaban J connectivity index is 2.08. The Kier molecular flexibility index (Phi) is 2.21. The number of likely N-dealkylation sites (tertiary alicyclic amines) is 1. The zero-order valence-corrected chi connectivity index (χ0v) is 5.59. The molecule has 0 aliphatic carbocycles. The van der Waals surface area contributed by atoms with Gasteiger partial charge >= 0.3 is 5.97 Å². The summed E-state index contributed by atoms with van der Waals surface area (Å²) >= 11 is 0. The Labute approximate surface area is 58.4 Å². The Morgan fingerprint density at radius 2 is 2.30 bits per heavy atom. The summed E-state index contributed by atoms with van der Waals surface area (Å²) in [6.45, 7) is 0.929. The van der Waals surface area contributed by atoms with Crippen molar-refractivity contribution >= 4 is 5.97 Å². The van der Waals surface area contributed by atoms with Gasteiger partial charge in [0.1, 0.15) is 0 Å². The Morgan fingerprint density at radius 3 is 2.70 bits per heavy atom. The summed E-state index contributed by atoms with van der Waals surface area (Å²) in [5.41, 5.74) is 0. The van der Waals surface area contributed by atoms with Crippen molar-refractivity contribution in [2.45, 2.75) is 0 Å². The first-order valence-corrected chi connectivity index (χ1v) is 3.22. The molecule has 0 aromatic carbocycles. The molecule has 1 heterocycles. The van der Waals surface area contributed by atoms with Crippen LogP contribution in [0.5, 0.6) is 0 Å². The van der Waals surface area contributed by atoms with Crippen LogP contribution in [-0.2, 0) is 4.79 Å². The molecule has 1 fully saturated rings. The van der Waals surface area contributed by atoms with Crippen molar-refractivity contribution < 1.29 is 14.3 Å². The quantitative estimate of drug-likeness (QED) is 0.609. The van der Waals surface area contributed by atoms with Crippen LogP contribution in [0, 0.1) is 5.92 Å². The molecule has 0 saturated carbocycles. The molecule has 1 aliphatic rings. The van der Waals surface area contributed by atoms with E-state index in [0.29, 0.717) is 13.1 Å². The van der Waals surface area contributed by atoms with Crippen LogP contribution in [0.3, 0.4) is 0 Å². The minimum absolute atomic E-state index is 0.0521. The number of alkyl halides is 1. The third kappa shape index (κ3) is 1.67. The first-order valence-electron chi connectivity index (χ1n) is 3.22. The van der Waals surface area contributed by atoms with E-state index >= 15 is 0 Å². The molecule has 1 rings (SSSR count). The molecule has 0 spiro atoms. The van der Waals surface area contributed by atoms with Gasteiger partial charge in [-0.1, -0.05) is 0 Å². The molecular weight excluding hydrogens is 137 g/mol. The maximum atomic E-state index is 11.8. The highest BCUT2D eigenvalue weighted by Crippen LogP contribution is 2.14. The summed E-state index contributed by atoms with van der Waals surface area (Å²) < 4.78 is 11.8. The number of halogens is 1. The van der Waals surface area contributed by atoms with E-state index in [-0.39, 0.29) is 19.1 Å². The third-order valence-electron chi connectivity index (χ3n) is 1.61. The fourth-order valence-electron chi connectivity index (χ4n) is 1.09. The maximum absolute atomic E-state index is 11.8. The standard InChI is InChI=1S/C6H10FNO2/c7-1-5-2-8(3-5)4-6(9)10/h5H,1-4H2,(H,9,10). The summed E-state index contributed by atoms with van der Waals surface area (Å²) in [4.78, 5) is 11.8. The van der Waals surface area contributed by atoms with Crippen LogP contribution in [0.25, 0.3) is 0 Å². The first-order chi connectivity index (χ1) is 4.72. The van der Waals surface area contributed by atoms with Gasteiger partial charge in [-0.25, -0.2) is 0 Å². The van der Waals surface area contributed by atoms with Gasteiger partial charge in [0.2, 0.25) is 0 Å². The van der Waals surface area contributed by atoms with Gasteiger partial charge in [-0.15, -0.1) is 0 Å².